The molecule has 3 atom stereocenters. The molecule has 1 saturated carbocycles. The van der Waals surface area contributed by atoms with Gasteiger partial charge in [-0.2, -0.15) is 0 Å². The Balaban J connectivity index is 2.08. The Bertz CT molecular complexity index is 249. The third-order valence-corrected chi connectivity index (χ3v) is 3.45. The van der Waals surface area contributed by atoms with Gasteiger partial charge in [0.15, 0.2) is 0 Å². The van der Waals surface area contributed by atoms with Crippen LogP contribution in [-0.4, -0.2) is 11.8 Å². The van der Waals surface area contributed by atoms with E-state index < -0.39 is 0 Å². The number of carbonyl (C=O) groups is 2. The highest BCUT2D eigenvalue weighted by Crippen LogP contribution is 2.39. The number of carbonyl (C=O) groups excluding carboxylic acids is 2. The van der Waals surface area contributed by atoms with Crippen LogP contribution in [0.1, 0.15) is 32.6 Å². The van der Waals surface area contributed by atoms with Crippen LogP contribution < -0.4 is 5.32 Å². The van der Waals surface area contributed by atoms with E-state index in [1.807, 2.05) is 0 Å². The molecule has 3 nitrogen and oxygen atoms in total. The normalized spacial score (nSPS) is 39.6. The molecule has 0 aromatic rings. The highest BCUT2D eigenvalue weighted by molar-refractivity contribution is 6.03. The molecule has 2 aliphatic rings. The summed E-state index contributed by atoms with van der Waals surface area (Å²) in [5, 5.41) is 2.39. The highest BCUT2D eigenvalue weighted by atomic mass is 16.2. The predicted molar refractivity (Wildman–Crippen MR) is 47.8 cm³/mol. The van der Waals surface area contributed by atoms with Crippen LogP contribution in [0.25, 0.3) is 0 Å². The van der Waals surface area contributed by atoms with E-state index in [0.717, 1.165) is 6.42 Å². The van der Waals surface area contributed by atoms with Crippen molar-refractivity contribution < 1.29 is 9.59 Å². The van der Waals surface area contributed by atoms with Crippen molar-refractivity contribution >= 4 is 11.8 Å². The van der Waals surface area contributed by atoms with Crippen molar-refractivity contribution in [1.82, 2.24) is 5.32 Å². The number of imide groups is 1. The van der Waals surface area contributed by atoms with Gasteiger partial charge in [-0.15, -0.1) is 0 Å². The topological polar surface area (TPSA) is 46.2 Å². The van der Waals surface area contributed by atoms with E-state index in [2.05, 4.69) is 12.2 Å². The quantitative estimate of drug-likeness (QED) is 0.615. The monoisotopic (exact) mass is 181 g/mol. The van der Waals surface area contributed by atoms with Crippen LogP contribution >= 0.6 is 0 Å². The van der Waals surface area contributed by atoms with Crippen molar-refractivity contribution in [3.63, 3.8) is 0 Å². The molecule has 2 amide bonds. The van der Waals surface area contributed by atoms with E-state index in [1.165, 1.54) is 12.8 Å². The van der Waals surface area contributed by atoms with Crippen molar-refractivity contribution in [2.24, 2.45) is 17.8 Å². The highest BCUT2D eigenvalue weighted by Gasteiger charge is 2.40. The summed E-state index contributed by atoms with van der Waals surface area (Å²) in [5.74, 6) is 0.913. The molecule has 72 valence electrons. The summed E-state index contributed by atoms with van der Waals surface area (Å²) in [6.45, 7) is 2.19. The molecule has 0 aromatic heterocycles. The minimum absolute atomic E-state index is 0.0231. The molecule has 3 unspecified atom stereocenters. The van der Waals surface area contributed by atoms with Gasteiger partial charge in [0.05, 0.1) is 5.92 Å². The standard InChI is InChI=1S/C10H15NO2/c1-6-3-2-4-7(6)8-5-9(12)11-10(8)13/h6-8H,2-5H2,1H3,(H,11,12,13). The molecule has 2 fully saturated rings. The molecule has 0 radical (unpaired) electrons. The predicted octanol–water partition coefficient (Wildman–Crippen LogP) is 1.09. The first-order valence-corrected chi connectivity index (χ1v) is 5.02. The van der Waals surface area contributed by atoms with Gasteiger partial charge in [-0.1, -0.05) is 19.8 Å². The third-order valence-electron chi connectivity index (χ3n) is 3.45. The smallest absolute Gasteiger partial charge is 0.230 e. The van der Waals surface area contributed by atoms with Crippen molar-refractivity contribution in [3.05, 3.63) is 0 Å². The summed E-state index contributed by atoms with van der Waals surface area (Å²) in [7, 11) is 0. The molecular weight excluding hydrogens is 166 g/mol. The number of hydrogen-bond donors (Lipinski definition) is 1. The van der Waals surface area contributed by atoms with Gasteiger partial charge < -0.3 is 0 Å². The van der Waals surface area contributed by atoms with Crippen LogP contribution in [0.4, 0.5) is 0 Å². The van der Waals surface area contributed by atoms with Crippen LogP contribution in [-0.2, 0) is 9.59 Å². The van der Waals surface area contributed by atoms with Crippen molar-refractivity contribution in [2.45, 2.75) is 32.6 Å². The molecule has 0 spiro atoms. The fourth-order valence-corrected chi connectivity index (χ4v) is 2.69. The maximum absolute atomic E-state index is 11.4. The minimum atomic E-state index is -0.0888. The summed E-state index contributed by atoms with van der Waals surface area (Å²) in [6, 6.07) is 0. The Hall–Kier alpha value is -0.860. The molecular formula is C10H15NO2. The largest absolute Gasteiger partial charge is 0.296 e. The fraction of sp³-hybridized carbons (Fsp3) is 0.800. The molecule has 1 aliphatic heterocycles. The van der Waals surface area contributed by atoms with Crippen LogP contribution in [0.5, 0.6) is 0 Å². The Morgan fingerprint density at radius 2 is 2.08 bits per heavy atom. The lowest BCUT2D eigenvalue weighted by molar-refractivity contribution is -0.126. The van der Waals surface area contributed by atoms with E-state index in [0.29, 0.717) is 18.3 Å². The van der Waals surface area contributed by atoms with Crippen LogP contribution in [0.3, 0.4) is 0 Å². The first-order chi connectivity index (χ1) is 6.18. The van der Waals surface area contributed by atoms with Crippen molar-refractivity contribution in [1.29, 1.82) is 0 Å². The maximum Gasteiger partial charge on any atom is 0.230 e. The molecule has 0 aromatic carbocycles. The van der Waals surface area contributed by atoms with Gasteiger partial charge in [0.1, 0.15) is 0 Å². The Morgan fingerprint density at radius 1 is 1.31 bits per heavy atom. The molecule has 2 rings (SSSR count). The third kappa shape index (κ3) is 1.47. The van der Waals surface area contributed by atoms with Gasteiger partial charge in [0.2, 0.25) is 11.8 Å². The molecule has 1 heterocycles. The van der Waals surface area contributed by atoms with E-state index in [4.69, 9.17) is 0 Å². The second-order valence-corrected chi connectivity index (χ2v) is 4.30. The molecule has 3 heteroatoms. The zero-order valence-electron chi connectivity index (χ0n) is 7.88. The van der Waals surface area contributed by atoms with Crippen molar-refractivity contribution in [3.8, 4) is 0 Å². The summed E-state index contributed by atoms with van der Waals surface area (Å²) in [5.41, 5.74) is 0. The van der Waals surface area contributed by atoms with E-state index in [-0.39, 0.29) is 17.7 Å². The molecule has 0 bridgehead atoms. The number of rotatable bonds is 1. The average Bonchev–Trinajstić information content (AvgIpc) is 2.58. The Labute approximate surface area is 77.9 Å². The van der Waals surface area contributed by atoms with Gasteiger partial charge in [-0.05, 0) is 18.3 Å². The van der Waals surface area contributed by atoms with Gasteiger partial charge >= 0.3 is 0 Å². The lowest BCUT2D eigenvalue weighted by Crippen LogP contribution is -2.27. The number of amides is 2. The van der Waals surface area contributed by atoms with Crippen molar-refractivity contribution in [2.75, 3.05) is 0 Å². The Morgan fingerprint density at radius 3 is 2.54 bits per heavy atom. The second kappa shape index (κ2) is 3.13. The first-order valence-electron chi connectivity index (χ1n) is 5.02. The lowest BCUT2D eigenvalue weighted by Gasteiger charge is -2.19. The first kappa shape index (κ1) is 8.73. The SMILES string of the molecule is CC1CCCC1C1CC(=O)NC1=O. The summed E-state index contributed by atoms with van der Waals surface area (Å²) >= 11 is 0. The van der Waals surface area contributed by atoms with Gasteiger partial charge in [-0.25, -0.2) is 0 Å². The van der Waals surface area contributed by atoms with Gasteiger partial charge in [0.25, 0.3) is 0 Å². The maximum atomic E-state index is 11.4. The van der Waals surface area contributed by atoms with Crippen LogP contribution in [0, 0.1) is 17.8 Å². The average molecular weight is 181 g/mol. The number of hydrogen-bond acceptors (Lipinski definition) is 2. The van der Waals surface area contributed by atoms with Gasteiger partial charge in [0, 0.05) is 6.42 Å². The minimum Gasteiger partial charge on any atom is -0.296 e. The van der Waals surface area contributed by atoms with Crippen LogP contribution in [0.15, 0.2) is 0 Å². The number of nitrogens with one attached hydrogen (secondary N) is 1. The second-order valence-electron chi connectivity index (χ2n) is 4.30. The lowest BCUT2D eigenvalue weighted by atomic mass is 9.84. The molecule has 1 N–H and O–H groups in total. The van der Waals surface area contributed by atoms with E-state index >= 15 is 0 Å². The van der Waals surface area contributed by atoms with E-state index in [9.17, 15) is 9.59 Å². The molecule has 1 aliphatic carbocycles. The fourth-order valence-electron chi connectivity index (χ4n) is 2.69. The summed E-state index contributed by atoms with van der Waals surface area (Å²) in [6.07, 6.45) is 3.97. The summed E-state index contributed by atoms with van der Waals surface area (Å²) in [4.78, 5) is 22.4. The van der Waals surface area contributed by atoms with Crippen LogP contribution in [0.2, 0.25) is 0 Å². The van der Waals surface area contributed by atoms with E-state index in [1.54, 1.807) is 0 Å². The Kier molecular flexibility index (Phi) is 2.10. The molecule has 1 saturated heterocycles. The zero-order chi connectivity index (χ0) is 9.42. The summed E-state index contributed by atoms with van der Waals surface area (Å²) < 4.78 is 0. The molecule has 13 heavy (non-hydrogen) atoms. The zero-order valence-corrected chi connectivity index (χ0v) is 7.88. The van der Waals surface area contributed by atoms with Gasteiger partial charge in [-0.3, -0.25) is 14.9 Å².